The van der Waals surface area contributed by atoms with E-state index in [4.69, 9.17) is 10.5 Å². The fraction of sp³-hybridized carbons (Fsp3) is 0.615. The highest BCUT2D eigenvalue weighted by Gasteiger charge is 2.42. The predicted octanol–water partition coefficient (Wildman–Crippen LogP) is 1.18. The molecule has 2 rings (SSSR count). The van der Waals surface area contributed by atoms with E-state index >= 15 is 0 Å². The molecule has 0 amide bonds. The molecule has 1 aliphatic carbocycles. The maximum Gasteiger partial charge on any atom is 0.323 e. The maximum absolute atomic E-state index is 11.7. The van der Waals surface area contributed by atoms with E-state index in [0.717, 1.165) is 31.4 Å². The summed E-state index contributed by atoms with van der Waals surface area (Å²) in [5, 5.41) is 0. The Balaban J connectivity index is 2.21. The number of ether oxygens (including phenoxy) is 1. The van der Waals surface area contributed by atoms with Gasteiger partial charge in [0.1, 0.15) is 6.04 Å². The first kappa shape index (κ1) is 12.3. The summed E-state index contributed by atoms with van der Waals surface area (Å²) in [7, 11) is 1.43. The minimum Gasteiger partial charge on any atom is -0.468 e. The molecule has 0 saturated carbocycles. The summed E-state index contributed by atoms with van der Waals surface area (Å²) < 4.78 is 4.85. The van der Waals surface area contributed by atoms with Gasteiger partial charge in [0.15, 0.2) is 0 Å². The molecular formula is C13H20N2O2. The molecule has 0 aromatic rings. The van der Waals surface area contributed by atoms with Gasteiger partial charge in [-0.1, -0.05) is 17.7 Å². The Kier molecular flexibility index (Phi) is 3.35. The van der Waals surface area contributed by atoms with Gasteiger partial charge in [0, 0.05) is 13.0 Å². The van der Waals surface area contributed by atoms with Crippen molar-refractivity contribution in [2.45, 2.75) is 37.9 Å². The minimum absolute atomic E-state index is 0.173. The zero-order valence-corrected chi connectivity index (χ0v) is 10.5. The fourth-order valence-corrected chi connectivity index (χ4v) is 2.78. The van der Waals surface area contributed by atoms with Crippen LogP contribution in [0.4, 0.5) is 0 Å². The van der Waals surface area contributed by atoms with Crippen molar-refractivity contribution in [1.29, 1.82) is 0 Å². The summed E-state index contributed by atoms with van der Waals surface area (Å²) in [6.07, 6.45) is 8.76. The van der Waals surface area contributed by atoms with Crippen molar-refractivity contribution in [2.75, 3.05) is 13.7 Å². The highest BCUT2D eigenvalue weighted by Crippen LogP contribution is 2.31. The molecule has 0 bridgehead atoms. The highest BCUT2D eigenvalue weighted by molar-refractivity contribution is 5.76. The molecular weight excluding hydrogens is 216 g/mol. The van der Waals surface area contributed by atoms with E-state index in [1.807, 2.05) is 13.0 Å². The number of allylic oxidation sites excluding steroid dienone is 2. The number of carbonyl (C=O) groups excluding carboxylic acids is 1. The Morgan fingerprint density at radius 3 is 3.06 bits per heavy atom. The third-order valence-electron chi connectivity index (χ3n) is 3.56. The van der Waals surface area contributed by atoms with Crippen molar-refractivity contribution in [3.63, 3.8) is 0 Å². The van der Waals surface area contributed by atoms with E-state index in [0.29, 0.717) is 0 Å². The van der Waals surface area contributed by atoms with E-state index in [-0.39, 0.29) is 12.0 Å². The second kappa shape index (κ2) is 4.63. The lowest BCUT2D eigenvalue weighted by molar-refractivity contribution is -0.147. The van der Waals surface area contributed by atoms with Crippen LogP contribution in [-0.4, -0.2) is 36.2 Å². The summed E-state index contributed by atoms with van der Waals surface area (Å²) >= 11 is 0. The van der Waals surface area contributed by atoms with Crippen LogP contribution in [0.3, 0.4) is 0 Å². The zero-order valence-electron chi connectivity index (χ0n) is 10.5. The Morgan fingerprint density at radius 1 is 1.65 bits per heavy atom. The molecule has 4 heteroatoms. The smallest absolute Gasteiger partial charge is 0.323 e. The Hall–Kier alpha value is -1.13. The van der Waals surface area contributed by atoms with Crippen molar-refractivity contribution in [3.8, 4) is 0 Å². The van der Waals surface area contributed by atoms with Gasteiger partial charge in [-0.15, -0.1) is 0 Å². The Bertz CT molecular complexity index is 376. The van der Waals surface area contributed by atoms with Gasteiger partial charge in [-0.2, -0.15) is 0 Å². The Morgan fingerprint density at radius 2 is 2.41 bits per heavy atom. The number of likely N-dealkylation sites (tertiary alicyclic amines) is 1. The van der Waals surface area contributed by atoms with Gasteiger partial charge >= 0.3 is 5.97 Å². The van der Waals surface area contributed by atoms with Crippen molar-refractivity contribution < 1.29 is 9.53 Å². The molecule has 0 aromatic heterocycles. The molecule has 1 heterocycles. The van der Waals surface area contributed by atoms with Crippen LogP contribution in [0.15, 0.2) is 23.8 Å². The lowest BCUT2D eigenvalue weighted by Crippen LogP contribution is -2.58. The van der Waals surface area contributed by atoms with Crippen LogP contribution in [0.5, 0.6) is 0 Å². The molecule has 0 unspecified atom stereocenters. The summed E-state index contributed by atoms with van der Waals surface area (Å²) in [5.74, 6) is -0.173. The van der Waals surface area contributed by atoms with E-state index in [1.165, 1.54) is 7.11 Å². The number of nitrogens with two attached hydrogens (primary N) is 1. The van der Waals surface area contributed by atoms with Crippen molar-refractivity contribution in [1.82, 2.24) is 4.90 Å². The van der Waals surface area contributed by atoms with Gasteiger partial charge < -0.3 is 10.5 Å². The summed E-state index contributed by atoms with van der Waals surface area (Å²) in [6.45, 7) is 2.88. The molecule has 2 atom stereocenters. The number of nitrogens with zero attached hydrogens (tertiary/aromatic N) is 1. The van der Waals surface area contributed by atoms with E-state index in [1.54, 1.807) is 0 Å². The first-order chi connectivity index (χ1) is 8.07. The summed E-state index contributed by atoms with van der Waals surface area (Å²) in [4.78, 5) is 13.8. The third kappa shape index (κ3) is 2.28. The zero-order chi connectivity index (χ0) is 12.5. The molecule has 17 heavy (non-hydrogen) atoms. The molecule has 1 saturated heterocycles. The van der Waals surface area contributed by atoms with Gasteiger partial charge in [-0.3, -0.25) is 9.69 Å². The average Bonchev–Trinajstić information content (AvgIpc) is 2.77. The first-order valence-corrected chi connectivity index (χ1v) is 6.06. The second-order valence-electron chi connectivity index (χ2n) is 4.86. The van der Waals surface area contributed by atoms with Crippen LogP contribution < -0.4 is 5.73 Å². The molecule has 2 N–H and O–H groups in total. The number of methoxy groups -OCH3 is 1. The molecule has 4 nitrogen and oxygen atoms in total. The summed E-state index contributed by atoms with van der Waals surface area (Å²) in [6, 6.07) is -0.194. The van der Waals surface area contributed by atoms with Crippen molar-refractivity contribution in [2.24, 2.45) is 5.73 Å². The molecule has 0 spiro atoms. The van der Waals surface area contributed by atoms with E-state index in [2.05, 4.69) is 17.1 Å². The predicted molar refractivity (Wildman–Crippen MR) is 66.2 cm³/mol. The van der Waals surface area contributed by atoms with E-state index < -0.39 is 5.66 Å². The lowest BCUT2D eigenvalue weighted by Gasteiger charge is -2.40. The van der Waals surface area contributed by atoms with Gasteiger partial charge in [0.05, 0.1) is 12.8 Å². The quantitative estimate of drug-likeness (QED) is 0.732. The van der Waals surface area contributed by atoms with Crippen LogP contribution in [0.2, 0.25) is 0 Å². The second-order valence-corrected chi connectivity index (χ2v) is 4.86. The van der Waals surface area contributed by atoms with Crippen LogP contribution >= 0.6 is 0 Å². The standard InChI is InChI=1S/C13H20N2O2/c1-10-5-3-7-13(14,9-10)15-8-4-6-11(15)12(16)17-2/h3,5,9,11H,4,6-8,14H2,1-2H3/t11-,13+/m0/s1. The largest absolute Gasteiger partial charge is 0.468 e. The topological polar surface area (TPSA) is 55.6 Å². The number of esters is 1. The van der Waals surface area contributed by atoms with Crippen molar-refractivity contribution in [3.05, 3.63) is 23.8 Å². The highest BCUT2D eigenvalue weighted by atomic mass is 16.5. The number of hydrogen-bond donors (Lipinski definition) is 1. The number of hydrogen-bond acceptors (Lipinski definition) is 4. The average molecular weight is 236 g/mol. The molecule has 0 aromatic carbocycles. The first-order valence-electron chi connectivity index (χ1n) is 6.06. The van der Waals surface area contributed by atoms with Gasteiger partial charge in [0.2, 0.25) is 0 Å². The Labute approximate surface area is 102 Å². The number of carbonyl (C=O) groups is 1. The SMILES string of the molecule is COC(=O)[C@@H]1CCCN1[C@@]1(N)C=C(C)C=CC1. The van der Waals surface area contributed by atoms with Gasteiger partial charge in [0.25, 0.3) is 0 Å². The molecule has 94 valence electrons. The lowest BCUT2D eigenvalue weighted by atomic mass is 9.95. The monoisotopic (exact) mass is 236 g/mol. The molecule has 1 aliphatic heterocycles. The maximum atomic E-state index is 11.7. The molecule has 0 radical (unpaired) electrons. The van der Waals surface area contributed by atoms with Crippen molar-refractivity contribution >= 4 is 5.97 Å². The van der Waals surface area contributed by atoms with Crippen LogP contribution in [-0.2, 0) is 9.53 Å². The fourth-order valence-electron chi connectivity index (χ4n) is 2.78. The van der Waals surface area contributed by atoms with Gasteiger partial charge in [-0.05, 0) is 25.8 Å². The van der Waals surface area contributed by atoms with E-state index in [9.17, 15) is 4.79 Å². The normalized spacial score (nSPS) is 33.6. The number of rotatable bonds is 2. The van der Waals surface area contributed by atoms with Crippen LogP contribution in [0.25, 0.3) is 0 Å². The van der Waals surface area contributed by atoms with Crippen LogP contribution in [0, 0.1) is 0 Å². The van der Waals surface area contributed by atoms with Crippen LogP contribution in [0.1, 0.15) is 26.2 Å². The molecule has 1 fully saturated rings. The summed E-state index contributed by atoms with van der Waals surface area (Å²) in [5.41, 5.74) is 7.04. The minimum atomic E-state index is -0.534. The van der Waals surface area contributed by atoms with Gasteiger partial charge in [-0.25, -0.2) is 0 Å². The molecule has 2 aliphatic rings. The third-order valence-corrected chi connectivity index (χ3v) is 3.56.